The van der Waals surface area contributed by atoms with Crippen molar-refractivity contribution in [3.63, 3.8) is 0 Å². The van der Waals surface area contributed by atoms with Gasteiger partial charge in [-0.2, -0.15) is 0 Å². The van der Waals surface area contributed by atoms with Gasteiger partial charge in [-0.3, -0.25) is 0 Å². The summed E-state index contributed by atoms with van der Waals surface area (Å²) in [6.45, 7) is 1.01. The summed E-state index contributed by atoms with van der Waals surface area (Å²) in [6, 6.07) is 0. The minimum atomic E-state index is -2.23. The van der Waals surface area contributed by atoms with Crippen LogP contribution in [0.2, 0.25) is 0 Å². The van der Waals surface area contributed by atoms with Crippen LogP contribution in [0.3, 0.4) is 0 Å². The lowest BCUT2D eigenvalue weighted by atomic mass is 10.4. The summed E-state index contributed by atoms with van der Waals surface area (Å²) in [5.41, 5.74) is 0. The van der Waals surface area contributed by atoms with Gasteiger partial charge in [0.15, 0.2) is 0 Å². The first-order chi connectivity index (χ1) is 3.80. The normalized spacial score (nSPS) is 29.4. The Morgan fingerprint density at radius 2 is 2.25 bits per heavy atom. The Morgan fingerprint density at radius 3 is 2.50 bits per heavy atom. The van der Waals surface area contributed by atoms with Gasteiger partial charge in [0.25, 0.3) is 0 Å². The van der Waals surface area contributed by atoms with Gasteiger partial charge in [0.05, 0.1) is 11.9 Å². The van der Waals surface area contributed by atoms with Gasteiger partial charge < -0.3 is 4.74 Å². The molecule has 0 aliphatic carbocycles. The van der Waals surface area contributed by atoms with Gasteiger partial charge >= 0.3 is 0 Å². The second-order valence-corrected chi connectivity index (χ2v) is 3.10. The van der Waals surface area contributed by atoms with E-state index in [4.69, 9.17) is 4.74 Å². The second kappa shape index (κ2) is 2.46. The molecule has 1 heterocycles. The Balaban J connectivity index is 2.47. The Labute approximate surface area is 49.6 Å². The van der Waals surface area contributed by atoms with E-state index in [2.05, 4.69) is 0 Å². The van der Waals surface area contributed by atoms with Crippen LogP contribution in [-0.4, -0.2) is 26.9 Å². The molecule has 0 spiro atoms. The molecule has 0 amide bonds. The topological polar surface area (TPSA) is 43.4 Å². The quantitative estimate of drug-likeness (QED) is 0.489. The van der Waals surface area contributed by atoms with E-state index in [1.807, 2.05) is 0 Å². The molecule has 3 nitrogen and oxygen atoms in total. The molecule has 0 aromatic rings. The van der Waals surface area contributed by atoms with Crippen LogP contribution in [0.5, 0.6) is 0 Å². The molecule has 1 atom stereocenters. The van der Waals surface area contributed by atoms with Crippen LogP contribution in [0.15, 0.2) is 0 Å². The van der Waals surface area contributed by atoms with E-state index in [1.54, 1.807) is 0 Å². The molecule has 1 aliphatic rings. The average Bonchev–Trinajstić information content (AvgIpc) is 2.12. The molecule has 0 saturated carbocycles. The van der Waals surface area contributed by atoms with Gasteiger partial charge in [-0.1, -0.05) is 0 Å². The van der Waals surface area contributed by atoms with Crippen molar-refractivity contribution >= 4 is 10.7 Å². The number of thiol groups is 1. The summed E-state index contributed by atoms with van der Waals surface area (Å²) in [7, 11) is -2.23. The van der Waals surface area contributed by atoms with Gasteiger partial charge in [0.2, 0.25) is 0 Å². The first kappa shape index (κ1) is 6.04. The third kappa shape index (κ3) is 1.20. The highest BCUT2D eigenvalue weighted by molar-refractivity contribution is 7.73. The van der Waals surface area contributed by atoms with Gasteiger partial charge in [-0.05, 0) is 6.42 Å². The molecule has 1 saturated heterocycles. The molecule has 1 aliphatic heterocycles. The van der Waals surface area contributed by atoms with E-state index in [1.165, 1.54) is 0 Å². The molecule has 0 radical (unpaired) electrons. The molecule has 4 heteroatoms. The van der Waals surface area contributed by atoms with Gasteiger partial charge in [-0.25, -0.2) is 8.42 Å². The highest BCUT2D eigenvalue weighted by atomic mass is 32.2. The van der Waals surface area contributed by atoms with E-state index >= 15 is 0 Å². The van der Waals surface area contributed by atoms with E-state index in [0.29, 0.717) is 19.6 Å². The Bertz CT molecular complexity index is 126. The molecule has 0 bridgehead atoms. The van der Waals surface area contributed by atoms with Crippen molar-refractivity contribution in [3.05, 3.63) is 0 Å². The maximum absolute atomic E-state index is 10.2. The largest absolute Gasteiger partial charge is 0.380 e. The molecule has 0 N–H and O–H groups in total. The number of hydrogen-bond acceptors (Lipinski definition) is 3. The third-order valence-electron chi connectivity index (χ3n) is 1.20. The van der Waals surface area contributed by atoms with E-state index in [0.717, 1.165) is 0 Å². The SMILES string of the molecule is O=[SH](=O)[C@H]1CCOC1. The number of hydrogen-bond donors (Lipinski definition) is 1. The lowest BCUT2D eigenvalue weighted by molar-refractivity contribution is 0.198. The lowest BCUT2D eigenvalue weighted by Crippen LogP contribution is -2.07. The van der Waals surface area contributed by atoms with E-state index in [9.17, 15) is 8.42 Å². The van der Waals surface area contributed by atoms with Crippen molar-refractivity contribution in [2.24, 2.45) is 0 Å². The standard InChI is InChI=1S/C4H8O3S/c5-8(6)4-1-2-7-3-4/h4,8H,1-3H2/t4-/m0/s1. The Kier molecular flexibility index (Phi) is 1.85. The summed E-state index contributed by atoms with van der Waals surface area (Å²) in [5.74, 6) is 0. The summed E-state index contributed by atoms with van der Waals surface area (Å²) < 4.78 is 25.2. The summed E-state index contributed by atoms with van der Waals surface area (Å²) in [5, 5.41) is -0.204. The van der Waals surface area contributed by atoms with Gasteiger partial charge in [-0.15, -0.1) is 0 Å². The van der Waals surface area contributed by atoms with Crippen LogP contribution in [-0.2, 0) is 15.4 Å². The lowest BCUT2D eigenvalue weighted by Gasteiger charge is -1.90. The minimum Gasteiger partial charge on any atom is -0.380 e. The van der Waals surface area contributed by atoms with Crippen molar-refractivity contribution < 1.29 is 13.2 Å². The molecule has 1 fully saturated rings. The van der Waals surface area contributed by atoms with Crippen LogP contribution < -0.4 is 0 Å². The molecular formula is C4H8O3S. The van der Waals surface area contributed by atoms with Crippen LogP contribution in [0.1, 0.15) is 6.42 Å². The van der Waals surface area contributed by atoms with Crippen molar-refractivity contribution in [1.29, 1.82) is 0 Å². The zero-order chi connectivity index (χ0) is 5.98. The van der Waals surface area contributed by atoms with Crippen molar-refractivity contribution in [3.8, 4) is 0 Å². The maximum Gasteiger partial charge on any atom is 0.145 e. The van der Waals surface area contributed by atoms with Gasteiger partial charge in [0, 0.05) is 6.61 Å². The Morgan fingerprint density at radius 1 is 1.50 bits per heavy atom. The second-order valence-electron chi connectivity index (χ2n) is 1.80. The molecule has 48 valence electrons. The van der Waals surface area contributed by atoms with Crippen molar-refractivity contribution in [1.82, 2.24) is 0 Å². The fourth-order valence-corrected chi connectivity index (χ4v) is 1.23. The maximum atomic E-state index is 10.2. The summed E-state index contributed by atoms with van der Waals surface area (Å²) in [6.07, 6.45) is 0.679. The first-order valence-corrected chi connectivity index (χ1v) is 3.76. The monoisotopic (exact) mass is 136 g/mol. The first-order valence-electron chi connectivity index (χ1n) is 2.52. The molecule has 0 aromatic heterocycles. The zero-order valence-electron chi connectivity index (χ0n) is 4.37. The van der Waals surface area contributed by atoms with E-state index in [-0.39, 0.29) is 5.25 Å². The fourth-order valence-electron chi connectivity index (χ4n) is 0.688. The number of ether oxygens (including phenoxy) is 1. The summed E-state index contributed by atoms with van der Waals surface area (Å²) in [4.78, 5) is 0. The average molecular weight is 136 g/mol. The highest BCUT2D eigenvalue weighted by Crippen LogP contribution is 2.05. The van der Waals surface area contributed by atoms with Crippen LogP contribution in [0.4, 0.5) is 0 Å². The molecule has 0 aromatic carbocycles. The van der Waals surface area contributed by atoms with E-state index < -0.39 is 10.7 Å². The van der Waals surface area contributed by atoms with Crippen molar-refractivity contribution in [2.45, 2.75) is 11.7 Å². The fraction of sp³-hybridized carbons (Fsp3) is 1.00. The van der Waals surface area contributed by atoms with Crippen LogP contribution in [0, 0.1) is 0 Å². The Hall–Kier alpha value is -0.0900. The molecule has 1 rings (SSSR count). The van der Waals surface area contributed by atoms with Gasteiger partial charge in [0.1, 0.15) is 10.7 Å². The summed E-state index contributed by atoms with van der Waals surface area (Å²) >= 11 is 0. The van der Waals surface area contributed by atoms with Crippen LogP contribution >= 0.6 is 0 Å². The molecular weight excluding hydrogens is 128 g/mol. The predicted molar refractivity (Wildman–Crippen MR) is 29.5 cm³/mol. The minimum absolute atomic E-state index is 0.204. The molecule has 8 heavy (non-hydrogen) atoms. The van der Waals surface area contributed by atoms with Crippen molar-refractivity contribution in [2.75, 3.05) is 13.2 Å². The number of rotatable bonds is 1. The smallest absolute Gasteiger partial charge is 0.145 e. The predicted octanol–water partition coefficient (Wildman–Crippen LogP) is -0.613. The third-order valence-corrected chi connectivity index (χ3v) is 2.21. The highest BCUT2D eigenvalue weighted by Gasteiger charge is 2.17. The van der Waals surface area contributed by atoms with Crippen LogP contribution in [0.25, 0.3) is 0 Å². The zero-order valence-corrected chi connectivity index (χ0v) is 5.27. The molecule has 0 unspecified atom stereocenters.